The lowest BCUT2D eigenvalue weighted by atomic mass is 9.77. The Morgan fingerprint density at radius 3 is 2.56 bits per heavy atom. The van der Waals surface area contributed by atoms with Gasteiger partial charge in [0.15, 0.2) is 5.58 Å². The van der Waals surface area contributed by atoms with Crippen molar-refractivity contribution in [2.45, 2.75) is 44.9 Å². The molecular formula is C18H22N2O5. The Morgan fingerprint density at radius 1 is 1.24 bits per heavy atom. The van der Waals surface area contributed by atoms with E-state index in [4.69, 9.17) is 4.42 Å². The molecule has 0 saturated heterocycles. The van der Waals surface area contributed by atoms with Crippen LogP contribution >= 0.6 is 0 Å². The molecule has 2 aromatic rings. The highest BCUT2D eigenvalue weighted by Crippen LogP contribution is 2.38. The number of hydrogen-bond acceptors (Lipinski definition) is 4. The van der Waals surface area contributed by atoms with Crippen LogP contribution in [-0.4, -0.2) is 21.6 Å². The molecule has 7 nitrogen and oxygen atoms in total. The molecule has 1 aromatic heterocycles. The van der Waals surface area contributed by atoms with Gasteiger partial charge in [-0.3, -0.25) is 14.2 Å². The molecule has 0 atom stereocenters. The van der Waals surface area contributed by atoms with E-state index >= 15 is 0 Å². The van der Waals surface area contributed by atoms with Crippen molar-refractivity contribution >= 4 is 28.7 Å². The van der Waals surface area contributed by atoms with Gasteiger partial charge in [-0.2, -0.15) is 0 Å². The zero-order valence-corrected chi connectivity index (χ0v) is 14.2. The lowest BCUT2D eigenvalue weighted by molar-refractivity contribution is -0.152. The minimum Gasteiger partial charge on any atom is -0.481 e. The average Bonchev–Trinajstić information content (AvgIpc) is 2.74. The van der Waals surface area contributed by atoms with Crippen molar-refractivity contribution in [3.8, 4) is 0 Å². The number of aliphatic carboxylic acids is 1. The smallest absolute Gasteiger partial charge is 0.419 e. The van der Waals surface area contributed by atoms with Gasteiger partial charge in [-0.05, 0) is 25.0 Å². The highest BCUT2D eigenvalue weighted by atomic mass is 16.4. The number of oxazole rings is 1. The normalized spacial score (nSPS) is 17.2. The van der Waals surface area contributed by atoms with Crippen LogP contribution in [0.15, 0.2) is 27.4 Å². The van der Waals surface area contributed by atoms with Gasteiger partial charge in [-0.15, -0.1) is 0 Å². The summed E-state index contributed by atoms with van der Waals surface area (Å²) in [5, 5.41) is 12.4. The van der Waals surface area contributed by atoms with Crippen molar-refractivity contribution in [3.63, 3.8) is 0 Å². The maximum absolute atomic E-state index is 12.4. The minimum absolute atomic E-state index is 0.0426. The molecule has 0 bridgehead atoms. The highest BCUT2D eigenvalue weighted by molar-refractivity contribution is 5.95. The number of rotatable bonds is 4. The summed E-state index contributed by atoms with van der Waals surface area (Å²) in [5.41, 5.74) is 0.520. The molecule has 0 unspecified atom stereocenters. The number of benzene rings is 1. The summed E-state index contributed by atoms with van der Waals surface area (Å²) in [4.78, 5) is 35.8. The molecule has 25 heavy (non-hydrogen) atoms. The summed E-state index contributed by atoms with van der Waals surface area (Å²) in [7, 11) is 1.61. The first-order valence-corrected chi connectivity index (χ1v) is 8.54. The highest BCUT2D eigenvalue weighted by Gasteiger charge is 2.40. The molecule has 134 valence electrons. The molecule has 0 radical (unpaired) electrons. The first-order valence-electron chi connectivity index (χ1n) is 8.54. The SMILES string of the molecule is Cn1c(=O)oc2cc(NC(=O)CC3(C(=O)O)CCCCCC3)ccc21. The van der Waals surface area contributed by atoms with Gasteiger partial charge in [0.2, 0.25) is 5.91 Å². The molecule has 1 fully saturated rings. The zero-order valence-electron chi connectivity index (χ0n) is 14.2. The number of nitrogens with zero attached hydrogens (tertiary/aromatic N) is 1. The lowest BCUT2D eigenvalue weighted by Gasteiger charge is -2.27. The van der Waals surface area contributed by atoms with Crippen molar-refractivity contribution in [3.05, 3.63) is 28.7 Å². The van der Waals surface area contributed by atoms with Gasteiger partial charge >= 0.3 is 11.7 Å². The first-order chi connectivity index (χ1) is 11.9. The molecule has 2 N–H and O–H groups in total. The van der Waals surface area contributed by atoms with E-state index in [0.29, 0.717) is 29.6 Å². The third-order valence-corrected chi connectivity index (χ3v) is 5.09. The van der Waals surface area contributed by atoms with Crippen molar-refractivity contribution < 1.29 is 19.1 Å². The van der Waals surface area contributed by atoms with E-state index in [0.717, 1.165) is 25.7 Å². The topological polar surface area (TPSA) is 102 Å². The zero-order chi connectivity index (χ0) is 18.0. The van der Waals surface area contributed by atoms with Crippen molar-refractivity contribution in [2.24, 2.45) is 12.5 Å². The second-order valence-corrected chi connectivity index (χ2v) is 6.83. The molecule has 7 heteroatoms. The molecule has 3 rings (SSSR count). The minimum atomic E-state index is -0.982. The Morgan fingerprint density at radius 2 is 1.92 bits per heavy atom. The van der Waals surface area contributed by atoms with E-state index in [1.54, 1.807) is 25.2 Å². The Labute approximate surface area is 144 Å². The van der Waals surface area contributed by atoms with Crippen LogP contribution in [-0.2, 0) is 16.6 Å². The van der Waals surface area contributed by atoms with E-state index in [1.165, 1.54) is 4.57 Å². The summed E-state index contributed by atoms with van der Waals surface area (Å²) >= 11 is 0. The molecule has 0 spiro atoms. The fraction of sp³-hybridized carbons (Fsp3) is 0.500. The van der Waals surface area contributed by atoms with Crippen LogP contribution in [0.4, 0.5) is 5.69 Å². The Bertz CT molecular complexity index is 856. The summed E-state index contributed by atoms with van der Waals surface area (Å²) in [6, 6.07) is 4.94. The van der Waals surface area contributed by atoms with Crippen LogP contribution in [0.25, 0.3) is 11.1 Å². The maximum atomic E-state index is 12.4. The number of aromatic nitrogens is 1. The number of aryl methyl sites for hydroxylation is 1. The average molecular weight is 346 g/mol. The number of carbonyl (C=O) groups excluding carboxylic acids is 1. The van der Waals surface area contributed by atoms with Gasteiger partial charge in [0.1, 0.15) is 0 Å². The van der Waals surface area contributed by atoms with Gasteiger partial charge in [0.25, 0.3) is 0 Å². The molecule has 0 aliphatic heterocycles. The van der Waals surface area contributed by atoms with E-state index in [-0.39, 0.29) is 12.3 Å². The van der Waals surface area contributed by atoms with Gasteiger partial charge in [0.05, 0.1) is 10.9 Å². The Balaban J connectivity index is 1.77. The molecule has 1 saturated carbocycles. The summed E-state index contributed by atoms with van der Waals surface area (Å²) in [6.07, 6.45) is 4.71. The molecule has 1 aliphatic carbocycles. The largest absolute Gasteiger partial charge is 0.481 e. The number of fused-ring (bicyclic) bond motifs is 1. The number of amides is 1. The number of carbonyl (C=O) groups is 2. The maximum Gasteiger partial charge on any atom is 0.419 e. The number of nitrogens with one attached hydrogen (secondary N) is 1. The number of hydrogen-bond donors (Lipinski definition) is 2. The van der Waals surface area contributed by atoms with Crippen LogP contribution in [0.3, 0.4) is 0 Å². The molecule has 1 aromatic carbocycles. The van der Waals surface area contributed by atoms with Crippen LogP contribution in [0.2, 0.25) is 0 Å². The fourth-order valence-corrected chi connectivity index (χ4v) is 3.60. The van der Waals surface area contributed by atoms with Gasteiger partial charge < -0.3 is 14.8 Å². The van der Waals surface area contributed by atoms with Crippen LogP contribution in [0.5, 0.6) is 0 Å². The van der Waals surface area contributed by atoms with Crippen molar-refractivity contribution in [1.29, 1.82) is 0 Å². The monoisotopic (exact) mass is 346 g/mol. The van der Waals surface area contributed by atoms with E-state index in [2.05, 4.69) is 5.32 Å². The van der Waals surface area contributed by atoms with E-state index < -0.39 is 17.1 Å². The summed E-state index contributed by atoms with van der Waals surface area (Å²) < 4.78 is 6.49. The summed E-state index contributed by atoms with van der Waals surface area (Å²) in [6.45, 7) is 0. The van der Waals surface area contributed by atoms with Crippen LogP contribution in [0.1, 0.15) is 44.9 Å². The van der Waals surface area contributed by atoms with Crippen molar-refractivity contribution in [2.75, 3.05) is 5.32 Å². The van der Waals surface area contributed by atoms with Crippen LogP contribution in [0, 0.1) is 5.41 Å². The number of anilines is 1. The summed E-state index contributed by atoms with van der Waals surface area (Å²) in [5.74, 6) is -1.70. The van der Waals surface area contributed by atoms with E-state index in [9.17, 15) is 19.5 Å². The molecule has 1 heterocycles. The molecule has 1 aliphatic rings. The predicted octanol–water partition coefficient (Wildman–Crippen LogP) is 2.89. The molecule has 1 amide bonds. The quantitative estimate of drug-likeness (QED) is 0.829. The third-order valence-electron chi connectivity index (χ3n) is 5.09. The number of carboxylic acids is 1. The second kappa shape index (κ2) is 6.74. The van der Waals surface area contributed by atoms with Crippen LogP contribution < -0.4 is 11.1 Å². The Kier molecular flexibility index (Phi) is 4.65. The first kappa shape index (κ1) is 17.3. The van der Waals surface area contributed by atoms with Gasteiger partial charge in [-0.1, -0.05) is 25.7 Å². The Hall–Kier alpha value is -2.57. The second-order valence-electron chi connectivity index (χ2n) is 6.83. The van der Waals surface area contributed by atoms with Crippen molar-refractivity contribution in [1.82, 2.24) is 4.57 Å². The lowest BCUT2D eigenvalue weighted by Crippen LogP contribution is -2.35. The number of carboxylic acid groups (broad SMARTS) is 1. The van der Waals surface area contributed by atoms with E-state index in [1.807, 2.05) is 0 Å². The molecular weight excluding hydrogens is 324 g/mol. The third kappa shape index (κ3) is 3.45. The fourth-order valence-electron chi connectivity index (χ4n) is 3.60. The van der Waals surface area contributed by atoms with Gasteiger partial charge in [-0.25, -0.2) is 4.79 Å². The predicted molar refractivity (Wildman–Crippen MR) is 92.5 cm³/mol. The standard InChI is InChI=1S/C18H22N2O5/c1-20-13-7-6-12(10-14(13)25-17(20)24)19-15(21)11-18(16(22)23)8-4-2-3-5-9-18/h6-7,10H,2-5,8-9,11H2,1H3,(H,19,21)(H,22,23). The van der Waals surface area contributed by atoms with Gasteiger partial charge in [0, 0.05) is 25.2 Å².